The summed E-state index contributed by atoms with van der Waals surface area (Å²) in [5.74, 6) is 0. The molecule has 20 heavy (non-hydrogen) atoms. The van der Waals surface area contributed by atoms with E-state index in [1.807, 2.05) is 0 Å². The molecule has 0 unspecified atom stereocenters. The first-order valence-corrected chi connectivity index (χ1v) is 7.49. The summed E-state index contributed by atoms with van der Waals surface area (Å²) in [4.78, 5) is 11.3. The Labute approximate surface area is 118 Å². The predicted molar refractivity (Wildman–Crippen MR) is 73.1 cm³/mol. The molecule has 1 amide bonds. The maximum atomic E-state index is 11.7. The van der Waals surface area contributed by atoms with Crippen LogP contribution in [0.2, 0.25) is 0 Å². The highest BCUT2D eigenvalue weighted by molar-refractivity contribution is 7.88. The molecule has 0 fully saturated rings. The van der Waals surface area contributed by atoms with Gasteiger partial charge in [-0.15, -0.1) is 0 Å². The van der Waals surface area contributed by atoms with Crippen LogP contribution in [-0.4, -0.2) is 32.3 Å². The first-order chi connectivity index (χ1) is 9.34. The highest BCUT2D eigenvalue weighted by atomic mass is 32.2. The van der Waals surface area contributed by atoms with E-state index in [4.69, 9.17) is 0 Å². The lowest BCUT2D eigenvalue weighted by molar-refractivity contribution is 0.121. The highest BCUT2D eigenvalue weighted by Crippen LogP contribution is 2.12. The highest BCUT2D eigenvalue weighted by Gasteiger charge is 2.21. The largest absolute Gasteiger partial charge is 0.446 e. The third kappa shape index (κ3) is 5.55. The van der Waals surface area contributed by atoms with Gasteiger partial charge in [-0.3, -0.25) is 0 Å². The van der Waals surface area contributed by atoms with Crippen LogP contribution in [0.4, 0.5) is 4.79 Å². The molecule has 112 valence electrons. The minimum atomic E-state index is -4.12. The molecule has 0 bridgehead atoms. The zero-order chi connectivity index (χ0) is 15.2. The molecular weight excluding hydrogens is 284 g/mol. The second-order valence-electron chi connectivity index (χ2n) is 4.32. The summed E-state index contributed by atoms with van der Waals surface area (Å²) in [7, 11) is -4.12. The first-order valence-electron chi connectivity index (χ1n) is 6.00. The van der Waals surface area contributed by atoms with Crippen LogP contribution in [0.5, 0.6) is 0 Å². The Hall–Kier alpha value is -1.64. The fraction of sp³-hybridized carbons (Fsp3) is 0.417. The third-order valence-electron chi connectivity index (χ3n) is 2.24. The molecule has 1 aromatic carbocycles. The van der Waals surface area contributed by atoms with Gasteiger partial charge in [0, 0.05) is 0 Å². The third-order valence-corrected chi connectivity index (χ3v) is 3.27. The number of carbonyl (C=O) groups excluding carboxylic acids is 1. The number of nitrogens with one attached hydrogen (secondary N) is 2. The molecule has 0 heterocycles. The van der Waals surface area contributed by atoms with Crippen molar-refractivity contribution >= 4 is 16.3 Å². The summed E-state index contributed by atoms with van der Waals surface area (Å²) in [5.41, 5.74) is 0.581. The number of ether oxygens (including phenoxy) is 1. The van der Waals surface area contributed by atoms with Gasteiger partial charge in [0.1, 0.15) is 0 Å². The Morgan fingerprint density at radius 3 is 2.40 bits per heavy atom. The van der Waals surface area contributed by atoms with E-state index < -0.39 is 35.1 Å². The lowest BCUT2D eigenvalue weighted by Gasteiger charge is -2.17. The fourth-order valence-corrected chi connectivity index (χ4v) is 2.37. The Kier molecular flexibility index (Phi) is 5.93. The lowest BCUT2D eigenvalue weighted by Crippen LogP contribution is -2.43. The van der Waals surface area contributed by atoms with E-state index in [9.17, 15) is 18.3 Å². The second kappa shape index (κ2) is 7.22. The Morgan fingerprint density at radius 2 is 1.90 bits per heavy atom. The maximum absolute atomic E-state index is 11.7. The van der Waals surface area contributed by atoms with Crippen molar-refractivity contribution in [2.45, 2.75) is 26.0 Å². The van der Waals surface area contributed by atoms with Crippen molar-refractivity contribution in [1.29, 1.82) is 0 Å². The molecule has 0 radical (unpaired) electrons. The second-order valence-corrected chi connectivity index (χ2v) is 5.77. The van der Waals surface area contributed by atoms with Gasteiger partial charge in [-0.25, -0.2) is 9.52 Å². The quantitative estimate of drug-likeness (QED) is 0.717. The van der Waals surface area contributed by atoms with Crippen LogP contribution in [0.1, 0.15) is 25.5 Å². The molecule has 0 aliphatic rings. The normalized spacial score (nSPS) is 13.0. The van der Waals surface area contributed by atoms with E-state index in [0.717, 1.165) is 0 Å². The number of carbonyl (C=O) groups is 1. The zero-order valence-corrected chi connectivity index (χ0v) is 12.1. The van der Waals surface area contributed by atoms with E-state index >= 15 is 0 Å². The van der Waals surface area contributed by atoms with E-state index in [1.54, 1.807) is 48.9 Å². The Morgan fingerprint density at radius 1 is 1.30 bits per heavy atom. The molecule has 0 saturated carbocycles. The van der Waals surface area contributed by atoms with E-state index in [1.165, 1.54) is 0 Å². The predicted octanol–water partition coefficient (Wildman–Crippen LogP) is 0.689. The van der Waals surface area contributed by atoms with Crippen LogP contribution in [0, 0.1) is 0 Å². The van der Waals surface area contributed by atoms with Gasteiger partial charge in [-0.2, -0.15) is 13.1 Å². The molecule has 8 heteroatoms. The minimum absolute atomic E-state index is 0.437. The molecule has 7 nitrogen and oxygen atoms in total. The summed E-state index contributed by atoms with van der Waals surface area (Å²) < 4.78 is 32.0. The van der Waals surface area contributed by atoms with Gasteiger partial charge in [0.05, 0.1) is 18.8 Å². The van der Waals surface area contributed by atoms with Crippen LogP contribution in [0.15, 0.2) is 30.3 Å². The number of aliphatic hydroxyl groups excluding tert-OH is 1. The average molecular weight is 302 g/mol. The van der Waals surface area contributed by atoms with Gasteiger partial charge in [0.2, 0.25) is 0 Å². The molecule has 0 saturated heterocycles. The Bertz CT molecular complexity index is 530. The number of benzene rings is 1. The van der Waals surface area contributed by atoms with E-state index in [2.05, 4.69) is 9.46 Å². The Balaban J connectivity index is 2.71. The van der Waals surface area contributed by atoms with Crippen LogP contribution < -0.4 is 9.44 Å². The number of hydrogen-bond acceptors (Lipinski definition) is 5. The number of aliphatic hydroxyl groups is 1. The molecular formula is C12H18N2O5S. The summed E-state index contributed by atoms with van der Waals surface area (Å²) in [6.45, 7) is 2.75. The average Bonchev–Trinajstić information content (AvgIpc) is 2.35. The van der Waals surface area contributed by atoms with Gasteiger partial charge in [-0.1, -0.05) is 30.3 Å². The molecule has 1 atom stereocenters. The van der Waals surface area contributed by atoms with Gasteiger partial charge in [0.15, 0.2) is 0 Å². The topological polar surface area (TPSA) is 105 Å². The standard InChI is InChI=1S/C12H18N2O5S/c1-9(2)19-12(16)14-20(17,18)13-11(8-15)10-6-4-3-5-7-10/h3-7,9,11,13,15H,8H2,1-2H3,(H,14,16)/t11-/m1/s1. The van der Waals surface area contributed by atoms with Gasteiger partial charge < -0.3 is 9.84 Å². The summed E-state index contributed by atoms with van der Waals surface area (Å²) in [5, 5.41) is 9.25. The van der Waals surface area contributed by atoms with Crippen molar-refractivity contribution in [3.8, 4) is 0 Å². The summed E-state index contributed by atoms with van der Waals surface area (Å²) >= 11 is 0. The minimum Gasteiger partial charge on any atom is -0.446 e. The van der Waals surface area contributed by atoms with Crippen molar-refractivity contribution in [3.05, 3.63) is 35.9 Å². The fourth-order valence-electron chi connectivity index (χ4n) is 1.46. The van der Waals surface area contributed by atoms with Crippen molar-refractivity contribution in [1.82, 2.24) is 9.44 Å². The summed E-state index contributed by atoms with van der Waals surface area (Å²) in [6.07, 6.45) is -1.51. The van der Waals surface area contributed by atoms with Crippen LogP contribution in [0.25, 0.3) is 0 Å². The first kappa shape index (κ1) is 16.4. The molecule has 1 aromatic rings. The van der Waals surface area contributed by atoms with Gasteiger partial charge in [-0.05, 0) is 19.4 Å². The zero-order valence-electron chi connectivity index (χ0n) is 11.2. The molecule has 0 aliphatic carbocycles. The van der Waals surface area contributed by atoms with Crippen molar-refractivity contribution in [2.24, 2.45) is 0 Å². The molecule has 1 rings (SSSR count). The van der Waals surface area contributed by atoms with Crippen LogP contribution >= 0.6 is 0 Å². The number of rotatable bonds is 6. The smallest absolute Gasteiger partial charge is 0.422 e. The molecule has 3 N–H and O–H groups in total. The van der Waals surface area contributed by atoms with Crippen molar-refractivity contribution in [2.75, 3.05) is 6.61 Å². The van der Waals surface area contributed by atoms with Crippen LogP contribution in [-0.2, 0) is 14.9 Å². The molecule has 0 aromatic heterocycles. The summed E-state index contributed by atoms with van der Waals surface area (Å²) in [6, 6.07) is 7.68. The molecule has 0 aliphatic heterocycles. The number of hydrogen-bond donors (Lipinski definition) is 3. The molecule has 0 spiro atoms. The SMILES string of the molecule is CC(C)OC(=O)NS(=O)(=O)N[C@H](CO)c1ccccc1. The lowest BCUT2D eigenvalue weighted by atomic mass is 10.1. The van der Waals surface area contributed by atoms with E-state index in [0.29, 0.717) is 5.56 Å². The van der Waals surface area contributed by atoms with E-state index in [-0.39, 0.29) is 0 Å². The van der Waals surface area contributed by atoms with Crippen molar-refractivity contribution in [3.63, 3.8) is 0 Å². The number of amides is 1. The van der Waals surface area contributed by atoms with Crippen molar-refractivity contribution < 1.29 is 23.1 Å². The monoisotopic (exact) mass is 302 g/mol. The van der Waals surface area contributed by atoms with Crippen LogP contribution in [0.3, 0.4) is 0 Å². The van der Waals surface area contributed by atoms with Gasteiger partial charge in [0.25, 0.3) is 0 Å². The van der Waals surface area contributed by atoms with Gasteiger partial charge >= 0.3 is 16.3 Å². The maximum Gasteiger partial charge on any atom is 0.422 e.